The number of aromatic amines is 1. The summed E-state index contributed by atoms with van der Waals surface area (Å²) in [5.74, 6) is -0.679. The van der Waals surface area contributed by atoms with Crippen LogP contribution in [0.4, 0.5) is 5.69 Å². The fourth-order valence-electron chi connectivity index (χ4n) is 3.49. The van der Waals surface area contributed by atoms with Gasteiger partial charge < -0.3 is 19.8 Å². The Morgan fingerprint density at radius 3 is 2.65 bits per heavy atom. The number of esters is 1. The summed E-state index contributed by atoms with van der Waals surface area (Å²) in [4.78, 5) is 29.8. The Bertz CT molecular complexity index is 820. The number of morpholine rings is 1. The highest BCUT2D eigenvalue weighted by Gasteiger charge is 2.25. The number of aromatic nitrogens is 1. The normalized spacial score (nSPS) is 20.9. The Hall–Kier alpha value is -2.38. The van der Waals surface area contributed by atoms with Crippen LogP contribution in [-0.4, -0.2) is 60.7 Å². The molecule has 7 heteroatoms. The first-order valence-electron chi connectivity index (χ1n) is 8.75. The van der Waals surface area contributed by atoms with Crippen molar-refractivity contribution in [1.29, 1.82) is 0 Å². The van der Waals surface area contributed by atoms with E-state index in [4.69, 9.17) is 9.47 Å². The lowest BCUT2D eigenvalue weighted by Gasteiger charge is -2.34. The predicted molar refractivity (Wildman–Crippen MR) is 99.5 cm³/mol. The number of ether oxygens (including phenoxy) is 2. The molecule has 2 heterocycles. The number of carbonyl (C=O) groups is 2. The molecule has 0 aliphatic carbocycles. The number of anilines is 1. The van der Waals surface area contributed by atoms with Crippen LogP contribution in [0.2, 0.25) is 0 Å². The summed E-state index contributed by atoms with van der Waals surface area (Å²) in [6.07, 6.45) is 0.181. The molecule has 1 saturated heterocycles. The van der Waals surface area contributed by atoms with Crippen LogP contribution in [0.5, 0.6) is 0 Å². The van der Waals surface area contributed by atoms with Crippen molar-refractivity contribution in [1.82, 2.24) is 9.88 Å². The van der Waals surface area contributed by atoms with Crippen LogP contribution in [0.15, 0.2) is 18.2 Å². The molecule has 1 fully saturated rings. The van der Waals surface area contributed by atoms with Crippen molar-refractivity contribution in [2.24, 2.45) is 0 Å². The van der Waals surface area contributed by atoms with Crippen LogP contribution in [0.1, 0.15) is 29.9 Å². The lowest BCUT2D eigenvalue weighted by Crippen LogP contribution is -2.48. The highest BCUT2D eigenvalue weighted by Crippen LogP contribution is 2.29. The smallest absolute Gasteiger partial charge is 0.356 e. The van der Waals surface area contributed by atoms with Gasteiger partial charge in [-0.25, -0.2) is 4.79 Å². The van der Waals surface area contributed by atoms with Gasteiger partial charge in [0.1, 0.15) is 5.69 Å². The number of carbonyl (C=O) groups excluding carboxylic acids is 2. The maximum absolute atomic E-state index is 12.6. The Kier molecular flexibility index (Phi) is 5.29. The van der Waals surface area contributed by atoms with Crippen LogP contribution in [0, 0.1) is 6.92 Å². The van der Waals surface area contributed by atoms with Crippen molar-refractivity contribution in [2.45, 2.75) is 33.0 Å². The van der Waals surface area contributed by atoms with E-state index in [9.17, 15) is 9.59 Å². The van der Waals surface area contributed by atoms with Crippen LogP contribution >= 0.6 is 0 Å². The van der Waals surface area contributed by atoms with Gasteiger partial charge in [-0.2, -0.15) is 0 Å². The van der Waals surface area contributed by atoms with E-state index in [1.165, 1.54) is 7.11 Å². The Balaban J connectivity index is 1.83. The lowest BCUT2D eigenvalue weighted by atomic mass is 10.1. The molecular weight excluding hydrogens is 334 g/mol. The van der Waals surface area contributed by atoms with Crippen LogP contribution in [0.3, 0.4) is 0 Å². The van der Waals surface area contributed by atoms with Gasteiger partial charge in [0.25, 0.3) is 0 Å². The van der Waals surface area contributed by atoms with E-state index in [0.29, 0.717) is 18.8 Å². The topological polar surface area (TPSA) is 83.7 Å². The van der Waals surface area contributed by atoms with E-state index < -0.39 is 5.97 Å². The quantitative estimate of drug-likeness (QED) is 0.819. The van der Waals surface area contributed by atoms with E-state index >= 15 is 0 Å². The Morgan fingerprint density at radius 1 is 1.31 bits per heavy atom. The molecule has 0 radical (unpaired) electrons. The molecule has 0 spiro atoms. The molecule has 1 aliphatic rings. The Labute approximate surface area is 152 Å². The summed E-state index contributed by atoms with van der Waals surface area (Å²) >= 11 is 0. The fourth-order valence-corrected chi connectivity index (χ4v) is 3.49. The maximum Gasteiger partial charge on any atom is 0.356 e. The number of nitrogens with zero attached hydrogens (tertiary/aromatic N) is 1. The van der Waals surface area contributed by atoms with Crippen molar-refractivity contribution in [2.75, 3.05) is 32.1 Å². The van der Waals surface area contributed by atoms with Gasteiger partial charge in [0.2, 0.25) is 5.91 Å². The molecule has 7 nitrogen and oxygen atoms in total. The summed E-state index contributed by atoms with van der Waals surface area (Å²) in [5, 5.41) is 3.69. The molecule has 1 aromatic carbocycles. The first-order chi connectivity index (χ1) is 12.4. The molecule has 1 aromatic heterocycles. The Morgan fingerprint density at radius 2 is 2.00 bits per heavy atom. The number of methoxy groups -OCH3 is 1. The third-order valence-corrected chi connectivity index (χ3v) is 4.47. The van der Waals surface area contributed by atoms with Crippen molar-refractivity contribution < 1.29 is 19.1 Å². The molecule has 2 N–H and O–H groups in total. The molecule has 140 valence electrons. The van der Waals surface area contributed by atoms with Gasteiger partial charge in [0.15, 0.2) is 0 Å². The molecule has 2 aromatic rings. The zero-order valence-corrected chi connectivity index (χ0v) is 15.6. The highest BCUT2D eigenvalue weighted by molar-refractivity contribution is 6.11. The number of rotatable bonds is 4. The average molecular weight is 359 g/mol. The van der Waals surface area contributed by atoms with E-state index in [0.717, 1.165) is 16.5 Å². The van der Waals surface area contributed by atoms with E-state index in [1.54, 1.807) is 0 Å². The van der Waals surface area contributed by atoms with E-state index in [-0.39, 0.29) is 30.4 Å². The molecule has 2 atom stereocenters. The molecule has 0 saturated carbocycles. The standard InChI is InChI=1S/C19H25N3O4/c1-11-5-6-15-14(7-11)17(18(20-15)19(24)25-4)21-16(23)10-22-8-12(2)26-13(3)9-22/h5-7,12-13,20H,8-10H2,1-4H3,(H,21,23)/t12-,13-/m1/s1. The minimum Gasteiger partial charge on any atom is -0.464 e. The van der Waals surface area contributed by atoms with Gasteiger partial charge in [0, 0.05) is 24.0 Å². The second kappa shape index (κ2) is 7.47. The van der Waals surface area contributed by atoms with Crippen LogP contribution < -0.4 is 5.32 Å². The van der Waals surface area contributed by atoms with Gasteiger partial charge in [-0.3, -0.25) is 9.69 Å². The number of benzene rings is 1. The van der Waals surface area contributed by atoms with Crippen LogP contribution in [-0.2, 0) is 14.3 Å². The monoisotopic (exact) mass is 359 g/mol. The van der Waals surface area contributed by atoms with E-state index in [1.807, 2.05) is 39.0 Å². The number of H-pyrrole nitrogens is 1. The minimum absolute atomic E-state index is 0.0907. The number of fused-ring (bicyclic) bond motifs is 1. The summed E-state index contributed by atoms with van der Waals surface area (Å²) in [6, 6.07) is 5.77. The number of aryl methyl sites for hydroxylation is 1. The van der Waals surface area contributed by atoms with Crippen LogP contribution in [0.25, 0.3) is 10.9 Å². The fraction of sp³-hybridized carbons (Fsp3) is 0.474. The zero-order valence-electron chi connectivity index (χ0n) is 15.6. The second-order valence-electron chi connectivity index (χ2n) is 6.92. The van der Waals surface area contributed by atoms with Crippen molar-refractivity contribution in [3.63, 3.8) is 0 Å². The van der Waals surface area contributed by atoms with Gasteiger partial charge in [-0.05, 0) is 32.9 Å². The molecule has 1 aliphatic heterocycles. The summed E-state index contributed by atoms with van der Waals surface area (Å²) in [6.45, 7) is 7.61. The number of hydrogen-bond acceptors (Lipinski definition) is 5. The number of nitrogens with one attached hydrogen (secondary N) is 2. The van der Waals surface area contributed by atoms with Crippen molar-refractivity contribution in [3.05, 3.63) is 29.5 Å². The number of hydrogen-bond donors (Lipinski definition) is 2. The molecule has 26 heavy (non-hydrogen) atoms. The maximum atomic E-state index is 12.6. The largest absolute Gasteiger partial charge is 0.464 e. The lowest BCUT2D eigenvalue weighted by molar-refractivity contribution is -0.121. The third kappa shape index (κ3) is 3.89. The van der Waals surface area contributed by atoms with Gasteiger partial charge in [0.05, 0.1) is 31.5 Å². The summed E-state index contributed by atoms with van der Waals surface area (Å²) in [7, 11) is 1.32. The minimum atomic E-state index is -0.511. The number of amides is 1. The molecule has 1 amide bonds. The van der Waals surface area contributed by atoms with Crippen molar-refractivity contribution >= 4 is 28.5 Å². The predicted octanol–water partition coefficient (Wildman–Crippen LogP) is 2.31. The summed E-state index contributed by atoms with van der Waals surface area (Å²) in [5.41, 5.74) is 2.54. The first kappa shape index (κ1) is 18.4. The van der Waals surface area contributed by atoms with Crippen molar-refractivity contribution in [3.8, 4) is 0 Å². The van der Waals surface area contributed by atoms with Gasteiger partial charge >= 0.3 is 5.97 Å². The SMILES string of the molecule is COC(=O)c1[nH]c2ccc(C)cc2c1NC(=O)CN1C[C@@H](C)O[C@H](C)C1. The average Bonchev–Trinajstić information content (AvgIpc) is 2.91. The van der Waals surface area contributed by atoms with Gasteiger partial charge in [-0.15, -0.1) is 0 Å². The molecule has 0 bridgehead atoms. The summed E-state index contributed by atoms with van der Waals surface area (Å²) < 4.78 is 10.5. The molecule has 0 unspecified atom stereocenters. The first-order valence-corrected chi connectivity index (χ1v) is 8.75. The third-order valence-electron chi connectivity index (χ3n) is 4.47. The van der Waals surface area contributed by atoms with Gasteiger partial charge in [-0.1, -0.05) is 11.6 Å². The second-order valence-corrected chi connectivity index (χ2v) is 6.92. The zero-order chi connectivity index (χ0) is 18.8. The highest BCUT2D eigenvalue weighted by atomic mass is 16.5. The molecule has 3 rings (SSSR count). The van der Waals surface area contributed by atoms with E-state index in [2.05, 4.69) is 15.2 Å². The molecular formula is C19H25N3O4.